The molecule has 1 aliphatic heterocycles. The molecule has 1 aromatic carbocycles. The SMILES string of the molecule is Cc1cc(NCCC(=O)N2CCCC2)c2cccc([N+](=O)[O-])c2n1. The summed E-state index contributed by atoms with van der Waals surface area (Å²) in [5, 5.41) is 15.1. The van der Waals surface area contributed by atoms with Crippen molar-refractivity contribution in [2.24, 2.45) is 0 Å². The number of hydrogen-bond acceptors (Lipinski definition) is 5. The lowest BCUT2D eigenvalue weighted by Crippen LogP contribution is -2.29. The Labute approximate surface area is 139 Å². The first-order valence-corrected chi connectivity index (χ1v) is 8.12. The fourth-order valence-corrected chi connectivity index (χ4v) is 3.08. The summed E-state index contributed by atoms with van der Waals surface area (Å²) in [5.41, 5.74) is 1.84. The molecule has 7 heteroatoms. The van der Waals surface area contributed by atoms with Crippen molar-refractivity contribution in [2.45, 2.75) is 26.2 Å². The summed E-state index contributed by atoms with van der Waals surface area (Å²) in [4.78, 5) is 29.1. The maximum absolute atomic E-state index is 12.1. The molecule has 3 rings (SSSR count). The van der Waals surface area contributed by atoms with Gasteiger partial charge in [0.25, 0.3) is 5.69 Å². The Morgan fingerprint density at radius 2 is 2.12 bits per heavy atom. The predicted molar refractivity (Wildman–Crippen MR) is 92.1 cm³/mol. The molecule has 0 unspecified atom stereocenters. The number of pyridine rings is 1. The largest absolute Gasteiger partial charge is 0.384 e. The van der Waals surface area contributed by atoms with E-state index >= 15 is 0 Å². The topological polar surface area (TPSA) is 88.4 Å². The van der Waals surface area contributed by atoms with Crippen LogP contribution in [-0.2, 0) is 4.79 Å². The Hall–Kier alpha value is -2.70. The van der Waals surface area contributed by atoms with Crippen LogP contribution in [0.5, 0.6) is 0 Å². The Bertz CT molecular complexity index is 785. The number of para-hydroxylation sites is 1. The van der Waals surface area contributed by atoms with Crippen LogP contribution in [0.25, 0.3) is 10.9 Å². The van der Waals surface area contributed by atoms with Crippen molar-refractivity contribution in [1.29, 1.82) is 0 Å². The molecule has 1 aliphatic rings. The number of rotatable bonds is 5. The number of nitro groups is 1. The van der Waals surface area contributed by atoms with E-state index in [-0.39, 0.29) is 11.6 Å². The van der Waals surface area contributed by atoms with Gasteiger partial charge < -0.3 is 10.2 Å². The minimum Gasteiger partial charge on any atom is -0.384 e. The molecular weight excluding hydrogens is 308 g/mol. The minimum atomic E-state index is -0.421. The summed E-state index contributed by atoms with van der Waals surface area (Å²) in [6, 6.07) is 6.76. The molecule has 0 saturated carbocycles. The van der Waals surface area contributed by atoms with E-state index in [9.17, 15) is 14.9 Å². The van der Waals surface area contributed by atoms with Gasteiger partial charge in [0.05, 0.1) is 4.92 Å². The van der Waals surface area contributed by atoms with Crippen molar-refractivity contribution in [1.82, 2.24) is 9.88 Å². The van der Waals surface area contributed by atoms with Gasteiger partial charge in [-0.3, -0.25) is 14.9 Å². The van der Waals surface area contributed by atoms with E-state index in [1.165, 1.54) is 6.07 Å². The molecule has 1 aromatic heterocycles. The number of hydrogen-bond donors (Lipinski definition) is 1. The monoisotopic (exact) mass is 328 g/mol. The van der Waals surface area contributed by atoms with Gasteiger partial charge >= 0.3 is 0 Å². The van der Waals surface area contributed by atoms with Gasteiger partial charge in [-0.1, -0.05) is 12.1 Å². The summed E-state index contributed by atoms with van der Waals surface area (Å²) < 4.78 is 0. The normalized spacial score (nSPS) is 14.1. The Kier molecular flexibility index (Phi) is 4.59. The minimum absolute atomic E-state index is 0.00704. The molecule has 7 nitrogen and oxygen atoms in total. The van der Waals surface area contributed by atoms with Gasteiger partial charge in [-0.25, -0.2) is 4.98 Å². The molecule has 1 amide bonds. The van der Waals surface area contributed by atoms with E-state index < -0.39 is 4.92 Å². The van der Waals surface area contributed by atoms with E-state index in [1.807, 2.05) is 11.0 Å². The summed E-state index contributed by atoms with van der Waals surface area (Å²) in [7, 11) is 0. The Morgan fingerprint density at radius 1 is 1.38 bits per heavy atom. The molecule has 126 valence electrons. The zero-order chi connectivity index (χ0) is 17.1. The Balaban J connectivity index is 1.78. The number of likely N-dealkylation sites (tertiary alicyclic amines) is 1. The van der Waals surface area contributed by atoms with E-state index in [2.05, 4.69) is 10.3 Å². The molecule has 1 N–H and O–H groups in total. The third-order valence-electron chi connectivity index (χ3n) is 4.26. The maximum Gasteiger partial charge on any atom is 0.295 e. The van der Waals surface area contributed by atoms with Crippen molar-refractivity contribution in [3.8, 4) is 0 Å². The van der Waals surface area contributed by atoms with E-state index in [0.29, 0.717) is 29.6 Å². The molecule has 24 heavy (non-hydrogen) atoms. The molecule has 2 heterocycles. The molecular formula is C17H20N4O3. The van der Waals surface area contributed by atoms with Crippen LogP contribution >= 0.6 is 0 Å². The maximum atomic E-state index is 12.1. The second kappa shape index (κ2) is 6.82. The van der Waals surface area contributed by atoms with Crippen LogP contribution in [0.2, 0.25) is 0 Å². The number of nitrogens with one attached hydrogen (secondary N) is 1. The van der Waals surface area contributed by atoms with Crippen LogP contribution in [-0.4, -0.2) is 40.3 Å². The average molecular weight is 328 g/mol. The standard InChI is InChI=1S/C17H20N4O3/c1-12-11-14(18-8-7-16(22)20-9-2-3-10-20)13-5-4-6-15(21(23)24)17(13)19-12/h4-6,11H,2-3,7-10H2,1H3,(H,18,19). The number of non-ortho nitro benzene ring substituents is 1. The van der Waals surface area contributed by atoms with E-state index in [0.717, 1.165) is 31.6 Å². The molecule has 1 saturated heterocycles. The molecule has 0 aliphatic carbocycles. The van der Waals surface area contributed by atoms with Crippen LogP contribution in [0.15, 0.2) is 24.3 Å². The van der Waals surface area contributed by atoms with Gasteiger partial charge in [-0.2, -0.15) is 0 Å². The van der Waals surface area contributed by atoms with E-state index in [4.69, 9.17) is 0 Å². The lowest BCUT2D eigenvalue weighted by atomic mass is 10.1. The van der Waals surface area contributed by atoms with E-state index in [1.54, 1.807) is 19.1 Å². The van der Waals surface area contributed by atoms with Crippen LogP contribution in [0.4, 0.5) is 11.4 Å². The van der Waals surface area contributed by atoms with Crippen LogP contribution < -0.4 is 5.32 Å². The number of carbonyl (C=O) groups is 1. The van der Waals surface area contributed by atoms with Crippen molar-refractivity contribution < 1.29 is 9.72 Å². The molecule has 1 fully saturated rings. The van der Waals surface area contributed by atoms with Crippen molar-refractivity contribution in [3.63, 3.8) is 0 Å². The molecule has 2 aromatic rings. The zero-order valence-electron chi connectivity index (χ0n) is 13.6. The summed E-state index contributed by atoms with van der Waals surface area (Å²) in [5.74, 6) is 0.154. The lowest BCUT2D eigenvalue weighted by Gasteiger charge is -2.16. The number of nitrogens with zero attached hydrogens (tertiary/aromatic N) is 3. The molecule has 0 bridgehead atoms. The third kappa shape index (κ3) is 3.29. The Morgan fingerprint density at radius 3 is 2.83 bits per heavy atom. The first kappa shape index (κ1) is 16.2. The van der Waals surface area contributed by atoms with Crippen LogP contribution in [0.1, 0.15) is 25.0 Å². The molecule has 0 radical (unpaired) electrons. The number of aromatic nitrogens is 1. The van der Waals surface area contributed by atoms with Crippen LogP contribution in [0, 0.1) is 17.0 Å². The molecule has 0 atom stereocenters. The predicted octanol–water partition coefficient (Wildman–Crippen LogP) is 2.88. The highest BCUT2D eigenvalue weighted by molar-refractivity contribution is 5.96. The molecule has 0 spiro atoms. The number of amides is 1. The highest BCUT2D eigenvalue weighted by atomic mass is 16.6. The van der Waals surface area contributed by atoms with Gasteiger partial charge in [0.15, 0.2) is 5.52 Å². The van der Waals surface area contributed by atoms with Gasteiger partial charge in [0.1, 0.15) is 0 Å². The third-order valence-corrected chi connectivity index (χ3v) is 4.26. The number of aryl methyl sites for hydroxylation is 1. The fraction of sp³-hybridized carbons (Fsp3) is 0.412. The fourth-order valence-electron chi connectivity index (χ4n) is 3.08. The number of fused-ring (bicyclic) bond motifs is 1. The summed E-state index contributed by atoms with van der Waals surface area (Å²) >= 11 is 0. The van der Waals surface area contributed by atoms with Gasteiger partial charge in [0, 0.05) is 48.9 Å². The number of anilines is 1. The smallest absolute Gasteiger partial charge is 0.295 e. The van der Waals surface area contributed by atoms with Crippen molar-refractivity contribution >= 4 is 28.2 Å². The summed E-state index contributed by atoms with van der Waals surface area (Å²) in [6.07, 6.45) is 2.58. The second-order valence-electron chi connectivity index (χ2n) is 6.01. The van der Waals surface area contributed by atoms with Gasteiger partial charge in [0.2, 0.25) is 5.91 Å². The average Bonchev–Trinajstić information content (AvgIpc) is 3.08. The lowest BCUT2D eigenvalue weighted by molar-refractivity contribution is -0.383. The zero-order valence-corrected chi connectivity index (χ0v) is 13.6. The van der Waals surface area contributed by atoms with Gasteiger partial charge in [-0.05, 0) is 25.8 Å². The van der Waals surface area contributed by atoms with Crippen molar-refractivity contribution in [2.75, 3.05) is 25.0 Å². The summed E-state index contributed by atoms with van der Waals surface area (Å²) in [6.45, 7) is 4.00. The highest BCUT2D eigenvalue weighted by Gasteiger charge is 2.18. The number of nitro benzene ring substituents is 1. The quantitative estimate of drug-likeness (QED) is 0.673. The first-order valence-electron chi connectivity index (χ1n) is 8.12. The first-order chi connectivity index (χ1) is 11.6. The van der Waals surface area contributed by atoms with Crippen molar-refractivity contribution in [3.05, 3.63) is 40.1 Å². The highest BCUT2D eigenvalue weighted by Crippen LogP contribution is 2.29. The van der Waals surface area contributed by atoms with Gasteiger partial charge in [-0.15, -0.1) is 0 Å². The second-order valence-corrected chi connectivity index (χ2v) is 6.01. The van der Waals surface area contributed by atoms with Crippen LogP contribution in [0.3, 0.4) is 0 Å². The number of carbonyl (C=O) groups excluding carboxylic acids is 1. The number of benzene rings is 1.